The second-order valence-corrected chi connectivity index (χ2v) is 6.60. The van der Waals surface area contributed by atoms with Crippen molar-refractivity contribution in [2.75, 3.05) is 6.61 Å². The normalized spacial score (nSPS) is 13.8. The number of sulfonamides is 1. The van der Waals surface area contributed by atoms with Crippen molar-refractivity contribution in [3.8, 4) is 0 Å². The number of rotatable bonds is 6. The maximum atomic E-state index is 13.6. The summed E-state index contributed by atoms with van der Waals surface area (Å²) in [5, 5.41) is 8.94. The average molecular weight is 289 g/mol. The maximum Gasteiger partial charge on any atom is 0.243 e. The van der Waals surface area contributed by atoms with Crippen molar-refractivity contribution in [2.45, 2.75) is 38.1 Å². The smallest absolute Gasteiger partial charge is 0.243 e. The zero-order chi connectivity index (χ0) is 14.6. The van der Waals surface area contributed by atoms with E-state index in [1.807, 2.05) is 13.8 Å². The molecule has 0 aliphatic rings. The van der Waals surface area contributed by atoms with Gasteiger partial charge in [0.1, 0.15) is 10.7 Å². The van der Waals surface area contributed by atoms with Crippen molar-refractivity contribution in [2.24, 2.45) is 5.92 Å². The number of aliphatic hydroxyl groups excluding tert-OH is 1. The van der Waals surface area contributed by atoms with E-state index in [-0.39, 0.29) is 17.4 Å². The topological polar surface area (TPSA) is 66.4 Å². The molecule has 0 fully saturated rings. The molecule has 0 aromatic heterocycles. The summed E-state index contributed by atoms with van der Waals surface area (Å²) in [6.45, 7) is 5.26. The van der Waals surface area contributed by atoms with Crippen LogP contribution in [0.3, 0.4) is 0 Å². The summed E-state index contributed by atoms with van der Waals surface area (Å²) < 4.78 is 40.4. The molecule has 1 rings (SSSR count). The van der Waals surface area contributed by atoms with E-state index in [1.54, 1.807) is 6.92 Å². The molecule has 0 heterocycles. The largest absolute Gasteiger partial charge is 0.396 e. The number of nitrogens with one attached hydrogen (secondary N) is 1. The number of aliphatic hydroxyl groups is 1. The highest BCUT2D eigenvalue weighted by Crippen LogP contribution is 2.18. The Morgan fingerprint density at radius 1 is 1.37 bits per heavy atom. The minimum Gasteiger partial charge on any atom is -0.396 e. The number of hydrogen-bond donors (Lipinski definition) is 2. The van der Waals surface area contributed by atoms with Crippen LogP contribution in [0, 0.1) is 18.7 Å². The van der Waals surface area contributed by atoms with Gasteiger partial charge in [-0.05, 0) is 37.0 Å². The van der Waals surface area contributed by atoms with E-state index in [4.69, 9.17) is 5.11 Å². The van der Waals surface area contributed by atoms with Crippen molar-refractivity contribution < 1.29 is 17.9 Å². The number of benzene rings is 1. The first-order valence-electron chi connectivity index (χ1n) is 6.17. The zero-order valence-electron chi connectivity index (χ0n) is 11.4. The van der Waals surface area contributed by atoms with Crippen LogP contribution in [0.1, 0.15) is 25.8 Å². The van der Waals surface area contributed by atoms with Crippen LogP contribution in [0.2, 0.25) is 0 Å². The van der Waals surface area contributed by atoms with E-state index in [0.717, 1.165) is 6.07 Å². The lowest BCUT2D eigenvalue weighted by Gasteiger charge is -2.21. The summed E-state index contributed by atoms with van der Waals surface area (Å²) in [6, 6.07) is 3.53. The Morgan fingerprint density at radius 3 is 2.53 bits per heavy atom. The molecular weight excluding hydrogens is 269 g/mol. The van der Waals surface area contributed by atoms with E-state index in [9.17, 15) is 12.8 Å². The van der Waals surface area contributed by atoms with Crippen LogP contribution in [0.15, 0.2) is 23.1 Å². The molecule has 1 aromatic rings. The molecule has 0 unspecified atom stereocenters. The summed E-state index contributed by atoms with van der Waals surface area (Å²) in [5.41, 5.74) is 0.671. The third-order valence-corrected chi connectivity index (χ3v) is 4.43. The first-order valence-corrected chi connectivity index (χ1v) is 7.65. The standard InChI is InChI=1S/C13H20FNO3S/c1-9(2)12(6-7-16)15-19(17,18)13-8-10(3)4-5-11(13)14/h4-5,8-9,12,15-16H,6-7H2,1-3H3/t12-/m1/s1. The summed E-state index contributed by atoms with van der Waals surface area (Å²) in [6.07, 6.45) is 0.296. The summed E-state index contributed by atoms with van der Waals surface area (Å²) >= 11 is 0. The first-order chi connectivity index (χ1) is 8.77. The highest BCUT2D eigenvalue weighted by molar-refractivity contribution is 7.89. The van der Waals surface area contributed by atoms with Crippen LogP contribution in [0.4, 0.5) is 4.39 Å². The highest BCUT2D eigenvalue weighted by Gasteiger charge is 2.24. The predicted octanol–water partition coefficient (Wildman–Crippen LogP) is 1.82. The Hall–Kier alpha value is -0.980. The molecular formula is C13H20FNO3S. The van der Waals surface area contributed by atoms with Crippen LogP contribution >= 0.6 is 0 Å². The molecule has 0 saturated carbocycles. The molecule has 0 aliphatic carbocycles. The molecule has 0 saturated heterocycles. The van der Waals surface area contributed by atoms with Gasteiger partial charge in [0.25, 0.3) is 0 Å². The Bertz CT molecular complexity index is 529. The third kappa shape index (κ3) is 4.26. The number of halogens is 1. The fourth-order valence-electron chi connectivity index (χ4n) is 1.75. The van der Waals surface area contributed by atoms with Crippen LogP contribution in [-0.4, -0.2) is 26.2 Å². The second kappa shape index (κ2) is 6.45. The molecule has 0 aliphatic heterocycles. The number of aryl methyl sites for hydroxylation is 1. The molecule has 4 nitrogen and oxygen atoms in total. The fraction of sp³-hybridized carbons (Fsp3) is 0.538. The lowest BCUT2D eigenvalue weighted by Crippen LogP contribution is -2.39. The van der Waals surface area contributed by atoms with Gasteiger partial charge in [-0.1, -0.05) is 19.9 Å². The van der Waals surface area contributed by atoms with Crippen LogP contribution in [0.5, 0.6) is 0 Å². The van der Waals surface area contributed by atoms with E-state index < -0.39 is 21.9 Å². The van der Waals surface area contributed by atoms with E-state index in [0.29, 0.717) is 12.0 Å². The summed E-state index contributed by atoms with van der Waals surface area (Å²) in [7, 11) is -3.92. The maximum absolute atomic E-state index is 13.6. The van der Waals surface area contributed by atoms with Crippen LogP contribution < -0.4 is 4.72 Å². The predicted molar refractivity (Wildman–Crippen MR) is 71.8 cm³/mol. The quantitative estimate of drug-likeness (QED) is 0.839. The average Bonchev–Trinajstić information content (AvgIpc) is 2.31. The van der Waals surface area contributed by atoms with Crippen molar-refractivity contribution in [1.82, 2.24) is 4.72 Å². The monoisotopic (exact) mass is 289 g/mol. The van der Waals surface area contributed by atoms with Gasteiger partial charge in [-0.3, -0.25) is 0 Å². The van der Waals surface area contributed by atoms with Gasteiger partial charge in [0.05, 0.1) is 0 Å². The molecule has 2 N–H and O–H groups in total. The van der Waals surface area contributed by atoms with Gasteiger partial charge in [0.15, 0.2) is 0 Å². The molecule has 1 aromatic carbocycles. The summed E-state index contributed by atoms with van der Waals surface area (Å²) in [4.78, 5) is -0.351. The second-order valence-electron chi connectivity index (χ2n) is 4.92. The van der Waals surface area contributed by atoms with E-state index in [2.05, 4.69) is 4.72 Å². The molecule has 0 spiro atoms. The number of hydrogen-bond acceptors (Lipinski definition) is 3. The van der Waals surface area contributed by atoms with Gasteiger partial charge >= 0.3 is 0 Å². The van der Waals surface area contributed by atoms with Crippen molar-refractivity contribution in [3.05, 3.63) is 29.6 Å². The highest BCUT2D eigenvalue weighted by atomic mass is 32.2. The van der Waals surface area contributed by atoms with Gasteiger partial charge < -0.3 is 5.11 Å². The Labute approximate surface area is 113 Å². The van der Waals surface area contributed by atoms with E-state index >= 15 is 0 Å². The fourth-order valence-corrected chi connectivity index (χ4v) is 3.33. The molecule has 108 valence electrons. The molecule has 0 radical (unpaired) electrons. The van der Waals surface area contributed by atoms with Gasteiger partial charge in [-0.15, -0.1) is 0 Å². The minimum absolute atomic E-state index is 0.00907. The Kier molecular flexibility index (Phi) is 5.46. The minimum atomic E-state index is -3.92. The SMILES string of the molecule is Cc1ccc(F)c(S(=O)(=O)N[C@H](CCO)C(C)C)c1. The molecule has 19 heavy (non-hydrogen) atoms. The summed E-state index contributed by atoms with van der Waals surface area (Å²) in [5.74, 6) is -0.764. The van der Waals surface area contributed by atoms with E-state index in [1.165, 1.54) is 12.1 Å². The lowest BCUT2D eigenvalue weighted by atomic mass is 10.0. The van der Waals surface area contributed by atoms with Crippen LogP contribution in [0.25, 0.3) is 0 Å². The molecule has 6 heteroatoms. The van der Waals surface area contributed by atoms with Crippen molar-refractivity contribution >= 4 is 10.0 Å². The lowest BCUT2D eigenvalue weighted by molar-refractivity contribution is 0.256. The Balaban J connectivity index is 3.06. The molecule has 0 amide bonds. The third-order valence-electron chi connectivity index (χ3n) is 2.93. The first kappa shape index (κ1) is 16.1. The van der Waals surface area contributed by atoms with Crippen LogP contribution in [-0.2, 0) is 10.0 Å². The zero-order valence-corrected chi connectivity index (χ0v) is 12.2. The van der Waals surface area contributed by atoms with Gasteiger partial charge in [0.2, 0.25) is 10.0 Å². The van der Waals surface area contributed by atoms with Gasteiger partial charge in [-0.25, -0.2) is 17.5 Å². The van der Waals surface area contributed by atoms with Gasteiger partial charge in [-0.2, -0.15) is 0 Å². The molecule has 0 bridgehead atoms. The molecule has 1 atom stereocenters. The van der Waals surface area contributed by atoms with Crippen molar-refractivity contribution in [1.29, 1.82) is 0 Å². The Morgan fingerprint density at radius 2 is 2.00 bits per heavy atom. The van der Waals surface area contributed by atoms with Crippen molar-refractivity contribution in [3.63, 3.8) is 0 Å². The van der Waals surface area contributed by atoms with Gasteiger partial charge in [0, 0.05) is 12.6 Å².